The normalized spacial score (nSPS) is 26.6. The van der Waals surface area contributed by atoms with E-state index < -0.39 is 24.1 Å². The Morgan fingerprint density at radius 2 is 1.86 bits per heavy atom. The molecule has 0 aromatic heterocycles. The Hall–Kier alpha value is -1.59. The van der Waals surface area contributed by atoms with E-state index in [9.17, 15) is 14.4 Å². The molecule has 3 amide bonds. The van der Waals surface area contributed by atoms with Crippen LogP contribution in [-0.2, 0) is 14.3 Å². The zero-order valence-corrected chi connectivity index (χ0v) is 13.6. The summed E-state index contributed by atoms with van der Waals surface area (Å²) in [5.74, 6) is 0.904. The molecule has 2 aliphatic carbocycles. The Morgan fingerprint density at radius 3 is 2.41 bits per heavy atom. The van der Waals surface area contributed by atoms with Crippen LogP contribution >= 0.6 is 0 Å². The molecule has 0 aromatic rings. The molecule has 2 saturated carbocycles. The van der Waals surface area contributed by atoms with Gasteiger partial charge in [0, 0.05) is 12.0 Å². The van der Waals surface area contributed by atoms with Crippen LogP contribution < -0.4 is 10.6 Å². The molecule has 6 nitrogen and oxygen atoms in total. The van der Waals surface area contributed by atoms with Gasteiger partial charge in [-0.1, -0.05) is 6.42 Å². The molecule has 22 heavy (non-hydrogen) atoms. The van der Waals surface area contributed by atoms with Crippen LogP contribution in [0.25, 0.3) is 0 Å². The van der Waals surface area contributed by atoms with Crippen molar-refractivity contribution in [2.75, 3.05) is 6.61 Å². The monoisotopic (exact) mass is 310 g/mol. The lowest BCUT2D eigenvalue weighted by Crippen LogP contribution is -2.49. The molecule has 0 spiro atoms. The smallest absolute Gasteiger partial charge is 0.321 e. The zero-order chi connectivity index (χ0) is 16.3. The largest absolute Gasteiger partial charge is 0.456 e. The number of esters is 1. The number of fused-ring (bicyclic) bond motifs is 2. The van der Waals surface area contributed by atoms with Gasteiger partial charge >= 0.3 is 12.0 Å². The van der Waals surface area contributed by atoms with Gasteiger partial charge in [0.15, 0.2) is 6.61 Å². The fraction of sp³-hybridized carbons (Fsp3) is 0.812. The third-order valence-electron chi connectivity index (χ3n) is 4.42. The van der Waals surface area contributed by atoms with E-state index in [1.807, 2.05) is 20.8 Å². The van der Waals surface area contributed by atoms with Gasteiger partial charge in [-0.2, -0.15) is 0 Å². The second kappa shape index (κ2) is 6.67. The van der Waals surface area contributed by atoms with E-state index in [4.69, 9.17) is 4.74 Å². The van der Waals surface area contributed by atoms with E-state index in [-0.39, 0.29) is 5.97 Å². The molecule has 2 fully saturated rings. The minimum Gasteiger partial charge on any atom is -0.456 e. The van der Waals surface area contributed by atoms with Crippen LogP contribution in [0.5, 0.6) is 0 Å². The summed E-state index contributed by atoms with van der Waals surface area (Å²) >= 11 is 0. The molecule has 2 N–H and O–H groups in total. The summed E-state index contributed by atoms with van der Waals surface area (Å²) in [6.45, 7) is 5.03. The highest BCUT2D eigenvalue weighted by Crippen LogP contribution is 2.49. The van der Waals surface area contributed by atoms with Crippen molar-refractivity contribution in [1.82, 2.24) is 10.6 Å². The summed E-state index contributed by atoms with van der Waals surface area (Å²) in [7, 11) is 0. The first-order valence-electron chi connectivity index (χ1n) is 8.00. The van der Waals surface area contributed by atoms with E-state index in [1.54, 1.807) is 0 Å². The minimum absolute atomic E-state index is 0.344. The second-order valence-electron chi connectivity index (χ2n) is 7.55. The van der Waals surface area contributed by atoms with Crippen molar-refractivity contribution < 1.29 is 19.1 Å². The number of hydrogen-bond acceptors (Lipinski definition) is 4. The number of imide groups is 1. The van der Waals surface area contributed by atoms with Crippen LogP contribution in [0.1, 0.15) is 52.9 Å². The summed E-state index contributed by atoms with van der Waals surface area (Å²) in [6.07, 6.45) is 5.26. The number of hydrogen-bond donors (Lipinski definition) is 2. The van der Waals surface area contributed by atoms with Crippen molar-refractivity contribution >= 4 is 17.9 Å². The number of urea groups is 1. The summed E-state index contributed by atoms with van der Waals surface area (Å²) in [5.41, 5.74) is -0.428. The van der Waals surface area contributed by atoms with Gasteiger partial charge in [0.05, 0.1) is 0 Å². The third-order valence-corrected chi connectivity index (χ3v) is 4.42. The zero-order valence-electron chi connectivity index (χ0n) is 13.6. The maximum atomic E-state index is 11.8. The first-order chi connectivity index (χ1) is 10.2. The standard InChI is InChI=1S/C16H26N2O4/c1-16(2,3)18-15(21)17-13(19)9-22-14(20)8-12-7-10-4-5-11(12)6-10/h10-12H,4-9H2,1-3H3,(H2,17,18,19,21)/t10-,11+,12+/m1/s1. The Kier molecular flexibility index (Phi) is 5.08. The van der Waals surface area contributed by atoms with Crippen molar-refractivity contribution in [3.63, 3.8) is 0 Å². The second-order valence-corrected chi connectivity index (χ2v) is 7.55. The minimum atomic E-state index is -0.608. The van der Waals surface area contributed by atoms with E-state index in [2.05, 4.69) is 10.6 Å². The fourth-order valence-corrected chi connectivity index (χ4v) is 3.58. The van der Waals surface area contributed by atoms with E-state index in [1.165, 1.54) is 19.3 Å². The number of ether oxygens (including phenoxy) is 1. The lowest BCUT2D eigenvalue weighted by Gasteiger charge is -2.21. The van der Waals surface area contributed by atoms with Crippen LogP contribution in [0.3, 0.4) is 0 Å². The van der Waals surface area contributed by atoms with Gasteiger partial charge in [-0.25, -0.2) is 4.79 Å². The number of amides is 3. The van der Waals surface area contributed by atoms with Crippen molar-refractivity contribution in [2.45, 2.75) is 58.4 Å². The van der Waals surface area contributed by atoms with Crippen molar-refractivity contribution in [2.24, 2.45) is 17.8 Å². The van der Waals surface area contributed by atoms with Crippen LogP contribution in [0.15, 0.2) is 0 Å². The highest BCUT2D eigenvalue weighted by atomic mass is 16.5. The summed E-state index contributed by atoms with van der Waals surface area (Å²) in [4.78, 5) is 34.8. The highest BCUT2D eigenvalue weighted by Gasteiger charge is 2.40. The maximum absolute atomic E-state index is 11.8. The fourth-order valence-electron chi connectivity index (χ4n) is 3.58. The van der Waals surface area contributed by atoms with Gasteiger partial charge in [0.1, 0.15) is 0 Å². The van der Waals surface area contributed by atoms with Gasteiger partial charge in [-0.3, -0.25) is 14.9 Å². The van der Waals surface area contributed by atoms with E-state index >= 15 is 0 Å². The summed E-state index contributed by atoms with van der Waals surface area (Å²) < 4.78 is 4.97. The number of carbonyl (C=O) groups is 3. The molecule has 0 radical (unpaired) electrons. The molecule has 0 aromatic carbocycles. The molecule has 0 heterocycles. The Labute approximate surface area is 131 Å². The van der Waals surface area contributed by atoms with Crippen LogP contribution in [0, 0.1) is 17.8 Å². The molecule has 2 rings (SSSR count). The lowest BCUT2D eigenvalue weighted by molar-refractivity contribution is -0.149. The van der Waals surface area contributed by atoms with Crippen LogP contribution in [-0.4, -0.2) is 30.1 Å². The van der Waals surface area contributed by atoms with Crippen molar-refractivity contribution in [3.05, 3.63) is 0 Å². The molecule has 0 unspecified atom stereocenters. The number of carbonyl (C=O) groups excluding carboxylic acids is 3. The molecule has 0 saturated heterocycles. The van der Waals surface area contributed by atoms with Gasteiger partial charge in [0.2, 0.25) is 0 Å². The highest BCUT2D eigenvalue weighted by molar-refractivity contribution is 5.95. The molecule has 3 atom stereocenters. The van der Waals surface area contributed by atoms with Gasteiger partial charge in [-0.15, -0.1) is 0 Å². The topological polar surface area (TPSA) is 84.5 Å². The van der Waals surface area contributed by atoms with E-state index in [0.29, 0.717) is 18.3 Å². The first-order valence-corrected chi connectivity index (χ1v) is 8.00. The first kappa shape index (κ1) is 16.8. The quantitative estimate of drug-likeness (QED) is 0.778. The van der Waals surface area contributed by atoms with Crippen molar-refractivity contribution in [1.29, 1.82) is 0 Å². The van der Waals surface area contributed by atoms with Gasteiger partial charge in [0.25, 0.3) is 5.91 Å². The molecule has 124 valence electrons. The lowest BCUT2D eigenvalue weighted by atomic mass is 9.86. The number of rotatable bonds is 4. The summed E-state index contributed by atoms with van der Waals surface area (Å²) in [5, 5.41) is 4.75. The molecular formula is C16H26N2O4. The molecule has 6 heteroatoms. The number of nitrogens with one attached hydrogen (secondary N) is 2. The molecule has 2 bridgehead atoms. The van der Waals surface area contributed by atoms with Gasteiger partial charge < -0.3 is 10.1 Å². The van der Waals surface area contributed by atoms with E-state index in [0.717, 1.165) is 12.3 Å². The maximum Gasteiger partial charge on any atom is 0.321 e. The predicted octanol–water partition coefficient (Wildman–Crippen LogP) is 1.98. The Morgan fingerprint density at radius 1 is 1.14 bits per heavy atom. The SMILES string of the molecule is CC(C)(C)NC(=O)NC(=O)COC(=O)C[C@@H]1C[C@@H]2CC[C@H]1C2. The van der Waals surface area contributed by atoms with Crippen LogP contribution in [0.2, 0.25) is 0 Å². The Bertz CT molecular complexity index is 456. The van der Waals surface area contributed by atoms with Crippen LogP contribution in [0.4, 0.5) is 4.79 Å². The predicted molar refractivity (Wildman–Crippen MR) is 80.9 cm³/mol. The Balaban J connectivity index is 1.63. The van der Waals surface area contributed by atoms with Crippen molar-refractivity contribution in [3.8, 4) is 0 Å². The molecular weight excluding hydrogens is 284 g/mol. The average Bonchev–Trinajstić information content (AvgIpc) is 2.96. The van der Waals surface area contributed by atoms with Gasteiger partial charge in [-0.05, 0) is 57.8 Å². The average molecular weight is 310 g/mol. The molecule has 0 aliphatic heterocycles. The summed E-state index contributed by atoms with van der Waals surface area (Å²) in [6, 6.07) is -0.582. The third kappa shape index (κ3) is 5.00. The molecule has 2 aliphatic rings.